The molecule has 0 unspecified atom stereocenters. The van der Waals surface area contributed by atoms with Gasteiger partial charge in [-0.2, -0.15) is 5.10 Å². The van der Waals surface area contributed by atoms with Gasteiger partial charge in [0.1, 0.15) is 12.0 Å². The summed E-state index contributed by atoms with van der Waals surface area (Å²) in [5.74, 6) is 2.10. The third-order valence-electron chi connectivity index (χ3n) is 3.60. The van der Waals surface area contributed by atoms with Gasteiger partial charge in [-0.05, 0) is 30.3 Å². The molecule has 0 bridgehead atoms. The van der Waals surface area contributed by atoms with E-state index in [-0.39, 0.29) is 0 Å². The molecule has 3 rings (SSSR count). The Bertz CT molecular complexity index is 867. The fraction of sp³-hybridized carbons (Fsp3) is 0.105. The van der Waals surface area contributed by atoms with Crippen molar-refractivity contribution in [3.05, 3.63) is 66.7 Å². The molecule has 1 heterocycles. The predicted molar refractivity (Wildman–Crippen MR) is 93.0 cm³/mol. The van der Waals surface area contributed by atoms with E-state index in [1.165, 1.54) is 0 Å². The van der Waals surface area contributed by atoms with E-state index in [0.717, 1.165) is 29.0 Å². The van der Waals surface area contributed by atoms with Gasteiger partial charge in [-0.15, -0.1) is 6.58 Å². The monoisotopic (exact) mass is 319 g/mol. The van der Waals surface area contributed by atoms with Crippen LogP contribution in [-0.2, 0) is 6.54 Å². The van der Waals surface area contributed by atoms with Gasteiger partial charge in [0.15, 0.2) is 11.6 Å². The summed E-state index contributed by atoms with van der Waals surface area (Å²) >= 11 is 0. The Morgan fingerprint density at radius 2 is 1.96 bits per heavy atom. The molecule has 120 valence electrons. The number of benzene rings is 2. The molecule has 5 nitrogen and oxygen atoms in total. The van der Waals surface area contributed by atoms with E-state index in [9.17, 15) is 4.79 Å². The largest absolute Gasteiger partial charge is 0.497 e. The average molecular weight is 319 g/mol. The second-order valence-electron chi connectivity index (χ2n) is 5.20. The van der Waals surface area contributed by atoms with Crippen LogP contribution in [0.4, 0.5) is 0 Å². The number of aldehydes is 1. The lowest BCUT2D eigenvalue weighted by atomic mass is 10.1. The zero-order valence-corrected chi connectivity index (χ0v) is 13.3. The molecule has 24 heavy (non-hydrogen) atoms. The molecular weight excluding hydrogens is 302 g/mol. The molecule has 0 amide bonds. The van der Waals surface area contributed by atoms with Crippen LogP contribution in [-0.4, -0.2) is 28.2 Å². The number of hydrogen-bond donors (Lipinski definition) is 0. The Labute approximate surface area is 140 Å². The number of aromatic nitrogens is 3. The highest BCUT2D eigenvalue weighted by Crippen LogP contribution is 2.24. The van der Waals surface area contributed by atoms with E-state index in [1.54, 1.807) is 30.0 Å². The number of allylic oxidation sites excluding steroid dienone is 1. The zero-order chi connectivity index (χ0) is 16.9. The van der Waals surface area contributed by atoms with Gasteiger partial charge in [-0.25, -0.2) is 9.67 Å². The smallest absolute Gasteiger partial charge is 0.181 e. The quantitative estimate of drug-likeness (QED) is 0.514. The first-order valence-electron chi connectivity index (χ1n) is 7.51. The molecule has 0 fully saturated rings. The predicted octanol–water partition coefficient (Wildman–Crippen LogP) is 3.62. The minimum absolute atomic E-state index is 0.543. The third kappa shape index (κ3) is 3.10. The summed E-state index contributed by atoms with van der Waals surface area (Å²) in [6.07, 6.45) is 2.59. The van der Waals surface area contributed by atoms with Gasteiger partial charge in [0.25, 0.3) is 0 Å². The Morgan fingerprint density at radius 3 is 2.62 bits per heavy atom. The standard InChI is InChI=1S/C19H17N3O2/c1-3-11-22-19(15-7-9-17(24-2)10-8-15)20-18(21-22)16-6-4-5-14(12-16)13-23/h3-10,12-13H,1,11H2,2H3. The number of hydrogen-bond acceptors (Lipinski definition) is 4. The highest BCUT2D eigenvalue weighted by atomic mass is 16.5. The maximum atomic E-state index is 11.0. The lowest BCUT2D eigenvalue weighted by Gasteiger charge is -2.04. The summed E-state index contributed by atoms with van der Waals surface area (Å²) in [5, 5.41) is 4.55. The van der Waals surface area contributed by atoms with Crippen LogP contribution in [0.3, 0.4) is 0 Å². The number of rotatable bonds is 6. The van der Waals surface area contributed by atoms with E-state index in [4.69, 9.17) is 4.74 Å². The molecule has 0 aliphatic rings. The molecule has 5 heteroatoms. The zero-order valence-electron chi connectivity index (χ0n) is 13.3. The van der Waals surface area contributed by atoms with Crippen LogP contribution in [0.25, 0.3) is 22.8 Å². The lowest BCUT2D eigenvalue weighted by molar-refractivity contribution is 0.112. The molecule has 0 N–H and O–H groups in total. The van der Waals surface area contributed by atoms with Gasteiger partial charge >= 0.3 is 0 Å². The van der Waals surface area contributed by atoms with Crippen LogP contribution in [0.1, 0.15) is 10.4 Å². The molecule has 0 aliphatic carbocycles. The second-order valence-corrected chi connectivity index (χ2v) is 5.20. The van der Waals surface area contributed by atoms with Crippen molar-refractivity contribution < 1.29 is 9.53 Å². The van der Waals surface area contributed by atoms with Crippen LogP contribution in [0.15, 0.2) is 61.2 Å². The summed E-state index contributed by atoms with van der Waals surface area (Å²) in [7, 11) is 1.63. The molecular formula is C19H17N3O2. The van der Waals surface area contributed by atoms with Crippen molar-refractivity contribution in [3.8, 4) is 28.5 Å². The summed E-state index contributed by atoms with van der Waals surface area (Å²) in [6, 6.07) is 14.9. The molecule has 0 atom stereocenters. The van der Waals surface area contributed by atoms with E-state index in [2.05, 4.69) is 16.7 Å². The number of ether oxygens (including phenoxy) is 1. The Hall–Kier alpha value is -3.21. The van der Waals surface area contributed by atoms with Crippen molar-refractivity contribution >= 4 is 6.29 Å². The van der Waals surface area contributed by atoms with Crippen molar-refractivity contribution in [2.45, 2.75) is 6.54 Å². The summed E-state index contributed by atoms with van der Waals surface area (Å²) in [5.41, 5.74) is 2.33. The second kappa shape index (κ2) is 6.91. The number of methoxy groups -OCH3 is 1. The van der Waals surface area contributed by atoms with Gasteiger partial charge in [0.2, 0.25) is 0 Å². The maximum absolute atomic E-state index is 11.0. The van der Waals surface area contributed by atoms with E-state index < -0.39 is 0 Å². The highest BCUT2D eigenvalue weighted by molar-refractivity contribution is 5.77. The highest BCUT2D eigenvalue weighted by Gasteiger charge is 2.13. The van der Waals surface area contributed by atoms with Crippen molar-refractivity contribution in [3.63, 3.8) is 0 Å². The fourth-order valence-electron chi connectivity index (χ4n) is 2.42. The van der Waals surface area contributed by atoms with Crippen LogP contribution >= 0.6 is 0 Å². The molecule has 0 radical (unpaired) electrons. The van der Waals surface area contributed by atoms with Gasteiger partial charge in [0.05, 0.1) is 13.7 Å². The first-order valence-corrected chi connectivity index (χ1v) is 7.51. The molecule has 0 saturated heterocycles. The average Bonchev–Trinajstić information content (AvgIpc) is 3.06. The molecule has 0 aliphatic heterocycles. The maximum Gasteiger partial charge on any atom is 0.181 e. The van der Waals surface area contributed by atoms with Gasteiger partial charge in [0, 0.05) is 16.7 Å². The Morgan fingerprint density at radius 1 is 1.17 bits per heavy atom. The van der Waals surface area contributed by atoms with Crippen LogP contribution in [0, 0.1) is 0 Å². The molecule has 3 aromatic rings. The molecule has 0 saturated carbocycles. The first-order chi connectivity index (χ1) is 11.7. The Kier molecular flexibility index (Phi) is 4.52. The van der Waals surface area contributed by atoms with E-state index in [1.807, 2.05) is 36.4 Å². The van der Waals surface area contributed by atoms with Crippen LogP contribution < -0.4 is 4.74 Å². The summed E-state index contributed by atoms with van der Waals surface area (Å²) in [4.78, 5) is 15.6. The normalized spacial score (nSPS) is 10.4. The topological polar surface area (TPSA) is 57.0 Å². The molecule has 0 spiro atoms. The first kappa shape index (κ1) is 15.7. The number of carbonyl (C=O) groups is 1. The SMILES string of the molecule is C=CCn1nc(-c2cccc(C=O)c2)nc1-c1ccc(OC)cc1. The molecule has 1 aromatic heterocycles. The van der Waals surface area contributed by atoms with Gasteiger partial charge in [-0.1, -0.05) is 24.3 Å². The van der Waals surface area contributed by atoms with E-state index in [0.29, 0.717) is 17.9 Å². The van der Waals surface area contributed by atoms with Crippen molar-refractivity contribution in [1.82, 2.24) is 14.8 Å². The van der Waals surface area contributed by atoms with Gasteiger partial charge < -0.3 is 4.74 Å². The number of carbonyl (C=O) groups excluding carboxylic acids is 1. The minimum atomic E-state index is 0.543. The lowest BCUT2D eigenvalue weighted by Crippen LogP contribution is -2.00. The third-order valence-corrected chi connectivity index (χ3v) is 3.60. The van der Waals surface area contributed by atoms with Crippen LogP contribution in [0.5, 0.6) is 5.75 Å². The van der Waals surface area contributed by atoms with Gasteiger partial charge in [-0.3, -0.25) is 4.79 Å². The molecule has 2 aromatic carbocycles. The Balaban J connectivity index is 2.06. The number of nitrogens with zero attached hydrogens (tertiary/aromatic N) is 3. The summed E-state index contributed by atoms with van der Waals surface area (Å²) in [6.45, 7) is 4.32. The van der Waals surface area contributed by atoms with Crippen molar-refractivity contribution in [2.75, 3.05) is 7.11 Å². The fourth-order valence-corrected chi connectivity index (χ4v) is 2.42. The van der Waals surface area contributed by atoms with Crippen LogP contribution in [0.2, 0.25) is 0 Å². The summed E-state index contributed by atoms with van der Waals surface area (Å²) < 4.78 is 6.98. The van der Waals surface area contributed by atoms with E-state index >= 15 is 0 Å². The minimum Gasteiger partial charge on any atom is -0.497 e. The van der Waals surface area contributed by atoms with Crippen molar-refractivity contribution in [2.24, 2.45) is 0 Å². The van der Waals surface area contributed by atoms with Crippen molar-refractivity contribution in [1.29, 1.82) is 0 Å².